The summed E-state index contributed by atoms with van der Waals surface area (Å²) < 4.78 is 1.92. The Balaban J connectivity index is 1.68. The summed E-state index contributed by atoms with van der Waals surface area (Å²) >= 11 is 0. The minimum absolute atomic E-state index is 0.121. The number of piperidine rings is 1. The van der Waals surface area contributed by atoms with Gasteiger partial charge in [-0.2, -0.15) is 0 Å². The van der Waals surface area contributed by atoms with Gasteiger partial charge in [-0.15, -0.1) is 0 Å². The van der Waals surface area contributed by atoms with Crippen LogP contribution in [0.15, 0.2) is 18.7 Å². The molecule has 0 saturated carbocycles. The fourth-order valence-corrected chi connectivity index (χ4v) is 2.32. The second-order valence-electron chi connectivity index (χ2n) is 5.42. The second kappa shape index (κ2) is 6.00. The predicted molar refractivity (Wildman–Crippen MR) is 70.1 cm³/mol. The summed E-state index contributed by atoms with van der Waals surface area (Å²) in [5.41, 5.74) is 0.211. The standard InChI is InChI=1S/C13H22N4O/c1-13(4-2-5-14-9-13)10-16-12(18)3-7-17-8-6-15-11-17/h6,8,11,14H,2-5,7,9-10H2,1H3,(H,16,18). The van der Waals surface area contributed by atoms with Crippen molar-refractivity contribution in [3.63, 3.8) is 0 Å². The first-order chi connectivity index (χ1) is 8.68. The molecule has 0 radical (unpaired) electrons. The van der Waals surface area contributed by atoms with Gasteiger partial charge in [0.15, 0.2) is 0 Å². The highest BCUT2D eigenvalue weighted by atomic mass is 16.1. The van der Waals surface area contributed by atoms with Gasteiger partial charge in [0, 0.05) is 38.4 Å². The number of aromatic nitrogens is 2. The minimum atomic E-state index is 0.121. The van der Waals surface area contributed by atoms with Crippen LogP contribution in [0.1, 0.15) is 26.2 Å². The number of carbonyl (C=O) groups excluding carboxylic acids is 1. The first-order valence-corrected chi connectivity index (χ1v) is 6.61. The fraction of sp³-hybridized carbons (Fsp3) is 0.692. The molecule has 0 aromatic carbocycles. The summed E-state index contributed by atoms with van der Waals surface area (Å²) in [6, 6.07) is 0. The summed E-state index contributed by atoms with van der Waals surface area (Å²) in [5.74, 6) is 0.121. The number of hydrogen-bond donors (Lipinski definition) is 2. The van der Waals surface area contributed by atoms with Gasteiger partial charge in [0.05, 0.1) is 6.33 Å². The molecule has 2 N–H and O–H groups in total. The van der Waals surface area contributed by atoms with Crippen LogP contribution in [-0.4, -0.2) is 35.1 Å². The molecule has 1 aromatic rings. The first kappa shape index (κ1) is 13.1. The van der Waals surface area contributed by atoms with Gasteiger partial charge in [-0.1, -0.05) is 6.92 Å². The van der Waals surface area contributed by atoms with Gasteiger partial charge < -0.3 is 15.2 Å². The number of imidazole rings is 1. The van der Waals surface area contributed by atoms with Crippen LogP contribution in [0.2, 0.25) is 0 Å². The average Bonchev–Trinajstić information content (AvgIpc) is 2.88. The van der Waals surface area contributed by atoms with Gasteiger partial charge in [0.2, 0.25) is 5.91 Å². The molecular formula is C13H22N4O. The molecule has 0 spiro atoms. The van der Waals surface area contributed by atoms with Gasteiger partial charge in [-0.25, -0.2) is 4.98 Å². The van der Waals surface area contributed by atoms with Crippen LogP contribution < -0.4 is 10.6 Å². The maximum Gasteiger partial charge on any atom is 0.221 e. The molecule has 2 rings (SSSR count). The lowest BCUT2D eigenvalue weighted by molar-refractivity contribution is -0.121. The van der Waals surface area contributed by atoms with E-state index in [9.17, 15) is 4.79 Å². The van der Waals surface area contributed by atoms with Crippen LogP contribution in [0.3, 0.4) is 0 Å². The van der Waals surface area contributed by atoms with E-state index in [1.807, 2.05) is 10.8 Å². The van der Waals surface area contributed by atoms with Crippen LogP contribution in [0.5, 0.6) is 0 Å². The van der Waals surface area contributed by atoms with E-state index in [-0.39, 0.29) is 11.3 Å². The van der Waals surface area contributed by atoms with Gasteiger partial charge >= 0.3 is 0 Å². The van der Waals surface area contributed by atoms with Gasteiger partial charge in [0.1, 0.15) is 0 Å². The number of rotatable bonds is 5. The third-order valence-electron chi connectivity index (χ3n) is 3.55. The summed E-state index contributed by atoms with van der Waals surface area (Å²) in [6.07, 6.45) is 8.23. The summed E-state index contributed by atoms with van der Waals surface area (Å²) in [4.78, 5) is 15.7. The van der Waals surface area contributed by atoms with Crippen molar-refractivity contribution in [1.29, 1.82) is 0 Å². The number of nitrogens with one attached hydrogen (secondary N) is 2. The normalized spacial score (nSPS) is 23.8. The molecule has 2 heterocycles. The third kappa shape index (κ3) is 3.84. The van der Waals surface area contributed by atoms with E-state index in [4.69, 9.17) is 0 Å². The van der Waals surface area contributed by atoms with E-state index < -0.39 is 0 Å². The van der Waals surface area contributed by atoms with E-state index in [1.165, 1.54) is 12.8 Å². The lowest BCUT2D eigenvalue weighted by Crippen LogP contribution is -2.45. The fourth-order valence-electron chi connectivity index (χ4n) is 2.32. The van der Waals surface area contributed by atoms with Gasteiger partial charge in [-0.3, -0.25) is 4.79 Å². The van der Waals surface area contributed by atoms with Crippen LogP contribution >= 0.6 is 0 Å². The molecule has 5 heteroatoms. The Morgan fingerprint density at radius 3 is 3.17 bits per heavy atom. The molecular weight excluding hydrogens is 228 g/mol. The molecule has 0 bridgehead atoms. The molecule has 1 amide bonds. The molecule has 1 aromatic heterocycles. The molecule has 1 aliphatic heterocycles. The van der Waals surface area contributed by atoms with E-state index in [0.717, 1.165) is 19.6 Å². The van der Waals surface area contributed by atoms with Crippen molar-refractivity contribution in [2.75, 3.05) is 19.6 Å². The smallest absolute Gasteiger partial charge is 0.221 e. The third-order valence-corrected chi connectivity index (χ3v) is 3.55. The quantitative estimate of drug-likeness (QED) is 0.812. The molecule has 100 valence electrons. The lowest BCUT2D eigenvalue weighted by Gasteiger charge is -2.34. The summed E-state index contributed by atoms with van der Waals surface area (Å²) in [7, 11) is 0. The van der Waals surface area contributed by atoms with E-state index >= 15 is 0 Å². The SMILES string of the molecule is CC1(CNC(=O)CCn2ccnc2)CCCNC1. The van der Waals surface area contributed by atoms with Crippen LogP contribution in [0.4, 0.5) is 0 Å². The molecule has 5 nitrogen and oxygen atoms in total. The second-order valence-corrected chi connectivity index (χ2v) is 5.42. The Labute approximate surface area is 108 Å². The van der Waals surface area contributed by atoms with Crippen molar-refractivity contribution in [2.45, 2.75) is 32.7 Å². The Morgan fingerprint density at radius 1 is 1.61 bits per heavy atom. The lowest BCUT2D eigenvalue weighted by atomic mass is 9.83. The zero-order valence-electron chi connectivity index (χ0n) is 11.0. The van der Waals surface area contributed by atoms with Crippen molar-refractivity contribution in [2.24, 2.45) is 5.41 Å². The summed E-state index contributed by atoms with van der Waals surface area (Å²) in [5, 5.41) is 6.43. The Morgan fingerprint density at radius 2 is 2.50 bits per heavy atom. The van der Waals surface area contributed by atoms with Crippen molar-refractivity contribution in [3.8, 4) is 0 Å². The number of hydrogen-bond acceptors (Lipinski definition) is 3. The highest BCUT2D eigenvalue weighted by molar-refractivity contribution is 5.75. The first-order valence-electron chi connectivity index (χ1n) is 6.61. The van der Waals surface area contributed by atoms with Crippen molar-refractivity contribution in [3.05, 3.63) is 18.7 Å². The number of carbonyl (C=O) groups is 1. The topological polar surface area (TPSA) is 59.0 Å². The highest BCUT2D eigenvalue weighted by Crippen LogP contribution is 2.24. The molecule has 1 saturated heterocycles. The maximum absolute atomic E-state index is 11.8. The van der Waals surface area contributed by atoms with Gasteiger partial charge in [-0.05, 0) is 24.8 Å². The predicted octanol–water partition coefficient (Wildman–Crippen LogP) is 0.779. The molecule has 1 fully saturated rings. The molecule has 1 aliphatic rings. The Hall–Kier alpha value is -1.36. The molecule has 18 heavy (non-hydrogen) atoms. The zero-order chi connectivity index (χ0) is 12.8. The van der Waals surface area contributed by atoms with Crippen LogP contribution in [-0.2, 0) is 11.3 Å². The van der Waals surface area contributed by atoms with Crippen molar-refractivity contribution < 1.29 is 4.79 Å². The highest BCUT2D eigenvalue weighted by Gasteiger charge is 2.26. The van der Waals surface area contributed by atoms with E-state index in [1.54, 1.807) is 12.5 Å². The van der Waals surface area contributed by atoms with E-state index in [0.29, 0.717) is 13.0 Å². The molecule has 1 atom stereocenters. The zero-order valence-corrected chi connectivity index (χ0v) is 11.0. The molecule has 0 aliphatic carbocycles. The monoisotopic (exact) mass is 250 g/mol. The van der Waals surface area contributed by atoms with Crippen LogP contribution in [0, 0.1) is 5.41 Å². The van der Waals surface area contributed by atoms with Gasteiger partial charge in [0.25, 0.3) is 0 Å². The number of aryl methyl sites for hydroxylation is 1. The van der Waals surface area contributed by atoms with Crippen molar-refractivity contribution in [1.82, 2.24) is 20.2 Å². The Kier molecular flexibility index (Phi) is 4.36. The van der Waals surface area contributed by atoms with Crippen molar-refractivity contribution >= 4 is 5.91 Å². The maximum atomic E-state index is 11.8. The van der Waals surface area contributed by atoms with Crippen LogP contribution in [0.25, 0.3) is 0 Å². The Bertz CT molecular complexity index is 368. The largest absolute Gasteiger partial charge is 0.355 e. The molecule has 1 unspecified atom stereocenters. The summed E-state index contributed by atoms with van der Waals surface area (Å²) in [6.45, 7) is 5.79. The number of amides is 1. The average molecular weight is 250 g/mol. The number of nitrogens with zero attached hydrogens (tertiary/aromatic N) is 2. The minimum Gasteiger partial charge on any atom is -0.355 e. The van der Waals surface area contributed by atoms with E-state index in [2.05, 4.69) is 22.5 Å².